The highest BCUT2D eigenvalue weighted by Crippen LogP contribution is 2.17. The highest BCUT2D eigenvalue weighted by molar-refractivity contribution is 6.35. The van der Waals surface area contributed by atoms with Crippen LogP contribution in [0.5, 0.6) is 11.5 Å². The van der Waals surface area contributed by atoms with Crippen molar-refractivity contribution >= 4 is 29.6 Å². The third-order valence-electron chi connectivity index (χ3n) is 4.76. The SMILES string of the molecule is COc1cccc(NC(=O)COc2ccc(/C=N\NC(=O)C(=O)NCc3ccc(C)cc3)cc2)c1. The van der Waals surface area contributed by atoms with Gasteiger partial charge in [-0.25, -0.2) is 5.43 Å². The fraction of sp³-hybridized carbons (Fsp3) is 0.154. The maximum Gasteiger partial charge on any atom is 0.329 e. The molecule has 3 aromatic rings. The molecule has 0 unspecified atom stereocenters. The normalized spacial score (nSPS) is 10.5. The monoisotopic (exact) mass is 474 g/mol. The van der Waals surface area contributed by atoms with Crippen molar-refractivity contribution in [2.75, 3.05) is 19.0 Å². The third-order valence-corrected chi connectivity index (χ3v) is 4.76. The summed E-state index contributed by atoms with van der Waals surface area (Å²) in [4.78, 5) is 35.9. The summed E-state index contributed by atoms with van der Waals surface area (Å²) in [6, 6.07) is 21.4. The van der Waals surface area contributed by atoms with Gasteiger partial charge in [0.1, 0.15) is 11.5 Å². The van der Waals surface area contributed by atoms with E-state index in [0.717, 1.165) is 11.1 Å². The van der Waals surface area contributed by atoms with E-state index < -0.39 is 11.8 Å². The molecule has 35 heavy (non-hydrogen) atoms. The van der Waals surface area contributed by atoms with Gasteiger partial charge in [0, 0.05) is 18.3 Å². The average Bonchev–Trinajstić information content (AvgIpc) is 2.87. The summed E-state index contributed by atoms with van der Waals surface area (Å²) in [5.41, 5.74) is 5.46. The predicted octanol–water partition coefficient (Wildman–Crippen LogP) is 2.79. The molecule has 9 heteroatoms. The number of aryl methyl sites for hydroxylation is 1. The lowest BCUT2D eigenvalue weighted by Gasteiger charge is -2.08. The predicted molar refractivity (Wildman–Crippen MR) is 132 cm³/mol. The second-order valence-corrected chi connectivity index (χ2v) is 7.51. The van der Waals surface area contributed by atoms with E-state index in [2.05, 4.69) is 21.2 Å². The Morgan fingerprint density at radius 2 is 1.66 bits per heavy atom. The maximum atomic E-state index is 12.1. The van der Waals surface area contributed by atoms with E-state index >= 15 is 0 Å². The van der Waals surface area contributed by atoms with Crippen molar-refractivity contribution in [1.29, 1.82) is 0 Å². The molecule has 180 valence electrons. The van der Waals surface area contributed by atoms with Crippen LogP contribution >= 0.6 is 0 Å². The maximum absolute atomic E-state index is 12.1. The number of hydrogen-bond acceptors (Lipinski definition) is 6. The number of hydrogen-bond donors (Lipinski definition) is 3. The van der Waals surface area contributed by atoms with E-state index in [1.807, 2.05) is 31.2 Å². The summed E-state index contributed by atoms with van der Waals surface area (Å²) in [5.74, 6) is -0.830. The van der Waals surface area contributed by atoms with Crippen molar-refractivity contribution in [1.82, 2.24) is 10.7 Å². The van der Waals surface area contributed by atoms with Crippen molar-refractivity contribution < 1.29 is 23.9 Å². The van der Waals surface area contributed by atoms with E-state index in [-0.39, 0.29) is 19.1 Å². The van der Waals surface area contributed by atoms with Crippen LogP contribution in [-0.2, 0) is 20.9 Å². The Kier molecular flexibility index (Phi) is 8.95. The van der Waals surface area contributed by atoms with E-state index in [9.17, 15) is 14.4 Å². The molecule has 3 amide bonds. The number of rotatable bonds is 9. The molecule has 0 aliphatic rings. The van der Waals surface area contributed by atoms with Crippen LogP contribution in [0.3, 0.4) is 0 Å². The van der Waals surface area contributed by atoms with Crippen LogP contribution < -0.4 is 25.5 Å². The van der Waals surface area contributed by atoms with Gasteiger partial charge in [0.05, 0.1) is 13.3 Å². The highest BCUT2D eigenvalue weighted by atomic mass is 16.5. The van der Waals surface area contributed by atoms with Crippen LogP contribution in [0.1, 0.15) is 16.7 Å². The topological polar surface area (TPSA) is 118 Å². The molecular formula is C26H26N4O5. The van der Waals surface area contributed by atoms with Gasteiger partial charge in [0.15, 0.2) is 6.61 Å². The van der Waals surface area contributed by atoms with Gasteiger partial charge in [-0.2, -0.15) is 5.10 Å². The molecule has 3 N–H and O–H groups in total. The summed E-state index contributed by atoms with van der Waals surface area (Å²) in [5, 5.41) is 9.06. The van der Waals surface area contributed by atoms with Crippen LogP contribution in [0.25, 0.3) is 0 Å². The zero-order valence-electron chi connectivity index (χ0n) is 19.4. The molecule has 0 saturated heterocycles. The summed E-state index contributed by atoms with van der Waals surface area (Å²) in [7, 11) is 1.55. The van der Waals surface area contributed by atoms with Crippen molar-refractivity contribution in [2.45, 2.75) is 13.5 Å². The van der Waals surface area contributed by atoms with Gasteiger partial charge in [-0.15, -0.1) is 0 Å². The molecular weight excluding hydrogens is 448 g/mol. The number of benzene rings is 3. The number of nitrogens with one attached hydrogen (secondary N) is 3. The number of carbonyl (C=O) groups is 3. The smallest absolute Gasteiger partial charge is 0.329 e. The first-order valence-electron chi connectivity index (χ1n) is 10.8. The Morgan fingerprint density at radius 1 is 0.914 bits per heavy atom. The molecule has 0 aliphatic heterocycles. The zero-order valence-corrected chi connectivity index (χ0v) is 19.4. The van der Waals surface area contributed by atoms with Crippen LogP contribution in [0.4, 0.5) is 5.69 Å². The van der Waals surface area contributed by atoms with Crippen LogP contribution in [-0.4, -0.2) is 37.7 Å². The Balaban J connectivity index is 1.39. The first-order chi connectivity index (χ1) is 16.9. The third kappa shape index (κ3) is 8.32. The van der Waals surface area contributed by atoms with E-state index in [1.54, 1.807) is 55.6 Å². The van der Waals surface area contributed by atoms with Crippen molar-refractivity contribution in [3.63, 3.8) is 0 Å². The fourth-order valence-electron chi connectivity index (χ4n) is 2.88. The first kappa shape index (κ1) is 25.0. The van der Waals surface area contributed by atoms with Crippen LogP contribution in [0, 0.1) is 6.92 Å². The molecule has 3 aromatic carbocycles. The molecule has 0 aliphatic carbocycles. The van der Waals surface area contributed by atoms with Gasteiger partial charge in [0.25, 0.3) is 5.91 Å². The molecule has 0 saturated carbocycles. The summed E-state index contributed by atoms with van der Waals surface area (Å²) >= 11 is 0. The van der Waals surface area contributed by atoms with Gasteiger partial charge in [-0.05, 0) is 54.4 Å². The Morgan fingerprint density at radius 3 is 2.37 bits per heavy atom. The summed E-state index contributed by atoms with van der Waals surface area (Å²) in [6.07, 6.45) is 1.39. The minimum Gasteiger partial charge on any atom is -0.497 e. The summed E-state index contributed by atoms with van der Waals surface area (Å²) < 4.78 is 10.6. The van der Waals surface area contributed by atoms with E-state index in [4.69, 9.17) is 9.47 Å². The molecule has 0 spiro atoms. The molecule has 0 atom stereocenters. The Hall–Kier alpha value is -4.66. The van der Waals surface area contributed by atoms with Gasteiger partial charge in [0.2, 0.25) is 0 Å². The Bertz CT molecular complexity index is 1190. The quantitative estimate of drug-likeness (QED) is 0.250. The lowest BCUT2D eigenvalue weighted by Crippen LogP contribution is -2.37. The van der Waals surface area contributed by atoms with E-state index in [1.165, 1.54) is 6.21 Å². The largest absolute Gasteiger partial charge is 0.497 e. The second kappa shape index (κ2) is 12.5. The molecule has 0 bridgehead atoms. The van der Waals surface area contributed by atoms with Gasteiger partial charge >= 0.3 is 11.8 Å². The second-order valence-electron chi connectivity index (χ2n) is 7.51. The molecule has 0 heterocycles. The number of methoxy groups -OCH3 is 1. The van der Waals surface area contributed by atoms with Crippen LogP contribution in [0.15, 0.2) is 77.9 Å². The Labute approximate surface area is 203 Å². The van der Waals surface area contributed by atoms with Gasteiger partial charge in [-0.1, -0.05) is 35.9 Å². The first-order valence-corrected chi connectivity index (χ1v) is 10.8. The fourth-order valence-corrected chi connectivity index (χ4v) is 2.88. The number of anilines is 1. The standard InChI is InChI=1S/C26H26N4O5/c1-18-6-8-19(9-7-18)15-27-25(32)26(33)30-28-16-20-10-12-22(13-11-20)35-17-24(31)29-21-4-3-5-23(14-21)34-2/h3-14,16H,15,17H2,1-2H3,(H,27,32)(H,29,31)(H,30,33)/b28-16-. The molecule has 0 aromatic heterocycles. The minimum absolute atomic E-state index is 0.168. The lowest BCUT2D eigenvalue weighted by atomic mass is 10.1. The molecule has 0 fully saturated rings. The number of nitrogens with zero attached hydrogens (tertiary/aromatic N) is 1. The van der Waals surface area contributed by atoms with Crippen LogP contribution in [0.2, 0.25) is 0 Å². The van der Waals surface area contributed by atoms with Crippen molar-refractivity contribution in [3.8, 4) is 11.5 Å². The lowest BCUT2D eigenvalue weighted by molar-refractivity contribution is -0.139. The molecule has 3 rings (SSSR count). The molecule has 9 nitrogen and oxygen atoms in total. The number of ether oxygens (including phenoxy) is 2. The van der Waals surface area contributed by atoms with Crippen molar-refractivity contribution in [2.24, 2.45) is 5.10 Å². The average molecular weight is 475 g/mol. The number of carbonyl (C=O) groups excluding carboxylic acids is 3. The zero-order chi connectivity index (χ0) is 25.0. The van der Waals surface area contributed by atoms with Crippen molar-refractivity contribution in [3.05, 3.63) is 89.5 Å². The highest BCUT2D eigenvalue weighted by Gasteiger charge is 2.11. The number of hydrazone groups is 1. The number of amides is 3. The molecule has 0 radical (unpaired) electrons. The van der Waals surface area contributed by atoms with Gasteiger partial charge < -0.3 is 20.1 Å². The van der Waals surface area contributed by atoms with Gasteiger partial charge in [-0.3, -0.25) is 14.4 Å². The summed E-state index contributed by atoms with van der Waals surface area (Å²) in [6.45, 7) is 2.05. The minimum atomic E-state index is -0.865. The van der Waals surface area contributed by atoms with E-state index in [0.29, 0.717) is 22.7 Å².